The highest BCUT2D eigenvalue weighted by Crippen LogP contribution is 2.36. The maximum Gasteiger partial charge on any atom is 0.363 e. The number of methoxy groups -OCH3 is 1. The van der Waals surface area contributed by atoms with E-state index in [1.807, 2.05) is 31.2 Å². The van der Waals surface area contributed by atoms with Crippen LogP contribution in [0.2, 0.25) is 0 Å². The Hall–Kier alpha value is -3.23. The third-order valence-corrected chi connectivity index (χ3v) is 5.78. The van der Waals surface area contributed by atoms with Crippen molar-refractivity contribution in [1.29, 1.82) is 0 Å². The zero-order valence-electron chi connectivity index (χ0n) is 17.6. The molecule has 0 N–H and O–H groups in total. The number of hydrogen-bond donors (Lipinski definition) is 0. The van der Waals surface area contributed by atoms with Gasteiger partial charge in [-0.05, 0) is 77.5 Å². The fourth-order valence-corrected chi connectivity index (χ4v) is 4.47. The number of nitrogens with zero attached hydrogens (tertiary/aromatic N) is 1. The number of hydrogen-bond acceptors (Lipinski definition) is 6. The number of aryl methyl sites for hydroxylation is 1. The van der Waals surface area contributed by atoms with Gasteiger partial charge in [0.2, 0.25) is 5.90 Å². The van der Waals surface area contributed by atoms with E-state index in [1.54, 1.807) is 43.5 Å². The summed E-state index contributed by atoms with van der Waals surface area (Å²) in [5, 5.41) is 0. The van der Waals surface area contributed by atoms with Gasteiger partial charge in [0, 0.05) is 15.6 Å². The van der Waals surface area contributed by atoms with Crippen LogP contribution in [0.15, 0.2) is 80.3 Å². The minimum absolute atomic E-state index is 0.0956. The van der Waals surface area contributed by atoms with Crippen molar-refractivity contribution < 1.29 is 23.8 Å². The number of carbonyl (C=O) groups is 2. The first kappa shape index (κ1) is 22.9. The van der Waals surface area contributed by atoms with Crippen LogP contribution in [0, 0.1) is 6.92 Å². The molecule has 0 unspecified atom stereocenters. The molecule has 0 aromatic heterocycles. The van der Waals surface area contributed by atoms with Crippen molar-refractivity contribution in [2.75, 3.05) is 7.11 Å². The van der Waals surface area contributed by atoms with Crippen molar-refractivity contribution in [1.82, 2.24) is 0 Å². The lowest BCUT2D eigenvalue weighted by atomic mass is 10.1. The number of esters is 2. The van der Waals surface area contributed by atoms with Crippen LogP contribution >= 0.6 is 31.9 Å². The second-order valence-electron chi connectivity index (χ2n) is 7.13. The monoisotopic (exact) mass is 569 g/mol. The van der Waals surface area contributed by atoms with Crippen LogP contribution < -0.4 is 9.47 Å². The summed E-state index contributed by atoms with van der Waals surface area (Å²) in [6.07, 6.45) is 1.53. The first-order valence-electron chi connectivity index (χ1n) is 9.79. The number of aliphatic imine (C=N–C) groups is 1. The first-order valence-corrected chi connectivity index (χ1v) is 11.4. The Labute approximate surface area is 207 Å². The fraction of sp³-hybridized carbons (Fsp3) is 0.0800. The van der Waals surface area contributed by atoms with Crippen LogP contribution in [0.1, 0.15) is 27.0 Å². The molecule has 3 aromatic rings. The summed E-state index contributed by atoms with van der Waals surface area (Å²) in [6.45, 7) is 1.94. The molecule has 6 nitrogen and oxygen atoms in total. The predicted octanol–water partition coefficient (Wildman–Crippen LogP) is 6.09. The highest BCUT2D eigenvalue weighted by atomic mass is 79.9. The highest BCUT2D eigenvalue weighted by Gasteiger charge is 2.25. The van der Waals surface area contributed by atoms with E-state index in [4.69, 9.17) is 14.2 Å². The SMILES string of the molecule is COc1ccc(C(=O)Oc2c(Br)cc(Br)cc2/C=C2\N=C(c3cccc(C)c3)OC2=O)cc1. The molecule has 0 atom stereocenters. The van der Waals surface area contributed by atoms with Crippen molar-refractivity contribution in [3.8, 4) is 11.5 Å². The van der Waals surface area contributed by atoms with Gasteiger partial charge >= 0.3 is 11.9 Å². The molecular formula is C25H17Br2NO5. The van der Waals surface area contributed by atoms with Gasteiger partial charge in [-0.15, -0.1) is 0 Å². The summed E-state index contributed by atoms with van der Waals surface area (Å²) in [4.78, 5) is 29.6. The number of cyclic esters (lactones) is 1. The lowest BCUT2D eigenvalue weighted by Gasteiger charge is -2.11. The Morgan fingerprint density at radius 2 is 1.82 bits per heavy atom. The molecule has 1 aliphatic heterocycles. The molecule has 0 aliphatic carbocycles. The summed E-state index contributed by atoms with van der Waals surface area (Å²) < 4.78 is 17.4. The molecule has 1 heterocycles. The maximum absolute atomic E-state index is 12.7. The molecule has 0 radical (unpaired) electrons. The highest BCUT2D eigenvalue weighted by molar-refractivity contribution is 9.11. The molecule has 8 heteroatoms. The lowest BCUT2D eigenvalue weighted by molar-refractivity contribution is -0.129. The summed E-state index contributed by atoms with van der Waals surface area (Å²) in [5.41, 5.74) is 2.64. The third kappa shape index (κ3) is 5.23. The molecule has 0 spiro atoms. The van der Waals surface area contributed by atoms with Crippen molar-refractivity contribution >= 4 is 55.8 Å². The second kappa shape index (κ2) is 9.72. The largest absolute Gasteiger partial charge is 0.497 e. The Morgan fingerprint density at radius 3 is 2.52 bits per heavy atom. The Kier molecular flexibility index (Phi) is 6.76. The number of ether oxygens (including phenoxy) is 3. The third-order valence-electron chi connectivity index (χ3n) is 4.74. The van der Waals surface area contributed by atoms with E-state index in [1.165, 1.54) is 6.08 Å². The quantitative estimate of drug-likeness (QED) is 0.211. The van der Waals surface area contributed by atoms with E-state index in [0.29, 0.717) is 26.9 Å². The molecular weight excluding hydrogens is 554 g/mol. The van der Waals surface area contributed by atoms with E-state index in [9.17, 15) is 9.59 Å². The topological polar surface area (TPSA) is 74.2 Å². The molecule has 0 saturated carbocycles. The Bertz CT molecular complexity index is 1310. The number of halogens is 2. The molecule has 0 amide bonds. The van der Waals surface area contributed by atoms with Gasteiger partial charge in [0.1, 0.15) is 5.75 Å². The molecule has 0 bridgehead atoms. The van der Waals surface area contributed by atoms with Crippen LogP contribution in [0.4, 0.5) is 0 Å². The fourth-order valence-electron chi connectivity index (χ4n) is 3.13. The lowest BCUT2D eigenvalue weighted by Crippen LogP contribution is -2.10. The van der Waals surface area contributed by atoms with Gasteiger partial charge in [0.25, 0.3) is 0 Å². The van der Waals surface area contributed by atoms with Crippen molar-refractivity contribution in [2.24, 2.45) is 4.99 Å². The molecule has 3 aromatic carbocycles. The first-order chi connectivity index (χ1) is 15.8. The minimum atomic E-state index is -0.588. The van der Waals surface area contributed by atoms with E-state index < -0.39 is 11.9 Å². The van der Waals surface area contributed by atoms with Gasteiger partial charge < -0.3 is 14.2 Å². The zero-order chi connectivity index (χ0) is 23.5. The predicted molar refractivity (Wildman–Crippen MR) is 132 cm³/mol. The summed E-state index contributed by atoms with van der Waals surface area (Å²) in [6, 6.07) is 17.5. The van der Waals surface area contributed by atoms with Crippen LogP contribution in [0.25, 0.3) is 6.08 Å². The number of carbonyl (C=O) groups excluding carboxylic acids is 2. The van der Waals surface area contributed by atoms with Gasteiger partial charge in [-0.3, -0.25) is 0 Å². The van der Waals surface area contributed by atoms with Crippen LogP contribution in [-0.2, 0) is 9.53 Å². The van der Waals surface area contributed by atoms with Gasteiger partial charge in [-0.1, -0.05) is 33.6 Å². The van der Waals surface area contributed by atoms with Gasteiger partial charge in [0.05, 0.1) is 17.1 Å². The van der Waals surface area contributed by atoms with E-state index in [2.05, 4.69) is 36.9 Å². The Balaban J connectivity index is 1.68. The summed E-state index contributed by atoms with van der Waals surface area (Å²) >= 11 is 6.86. The Morgan fingerprint density at radius 1 is 1.06 bits per heavy atom. The van der Waals surface area contributed by atoms with Crippen LogP contribution in [0.5, 0.6) is 11.5 Å². The maximum atomic E-state index is 12.7. The molecule has 0 saturated heterocycles. The molecule has 1 aliphatic rings. The minimum Gasteiger partial charge on any atom is -0.497 e. The smallest absolute Gasteiger partial charge is 0.363 e. The van der Waals surface area contributed by atoms with E-state index in [-0.39, 0.29) is 17.3 Å². The van der Waals surface area contributed by atoms with Crippen LogP contribution in [0.3, 0.4) is 0 Å². The van der Waals surface area contributed by atoms with Gasteiger partial charge in [-0.2, -0.15) is 0 Å². The number of rotatable bonds is 5. The summed E-state index contributed by atoms with van der Waals surface area (Å²) in [5.74, 6) is -0.0450. The van der Waals surface area contributed by atoms with E-state index in [0.717, 1.165) is 10.0 Å². The summed E-state index contributed by atoms with van der Waals surface area (Å²) in [7, 11) is 1.55. The molecule has 0 fully saturated rings. The zero-order valence-corrected chi connectivity index (χ0v) is 20.8. The second-order valence-corrected chi connectivity index (χ2v) is 8.90. The van der Waals surface area contributed by atoms with Crippen molar-refractivity contribution in [2.45, 2.75) is 6.92 Å². The van der Waals surface area contributed by atoms with Gasteiger partial charge in [0.15, 0.2) is 11.4 Å². The van der Waals surface area contributed by atoms with Crippen molar-refractivity contribution in [3.05, 3.63) is 97.6 Å². The molecule has 166 valence electrons. The average Bonchev–Trinajstić information content (AvgIpc) is 3.16. The molecule has 33 heavy (non-hydrogen) atoms. The van der Waals surface area contributed by atoms with Crippen molar-refractivity contribution in [3.63, 3.8) is 0 Å². The van der Waals surface area contributed by atoms with E-state index >= 15 is 0 Å². The number of benzene rings is 3. The normalized spacial score (nSPS) is 14.1. The van der Waals surface area contributed by atoms with Gasteiger partial charge in [-0.25, -0.2) is 14.6 Å². The average molecular weight is 571 g/mol. The standard InChI is InChI=1S/C25H17Br2NO5/c1-14-4-3-5-16(10-14)23-28-21(25(30)33-23)12-17-11-18(26)13-20(27)22(17)32-24(29)15-6-8-19(31-2)9-7-15/h3-13H,1-2H3/b21-12-. The van der Waals surface area contributed by atoms with Crippen LogP contribution in [-0.4, -0.2) is 24.9 Å². The molecule has 4 rings (SSSR count).